The number of aliphatic hydroxyl groups excluding tert-OH is 1. The van der Waals surface area contributed by atoms with Gasteiger partial charge in [0.25, 0.3) is 0 Å². The number of carbonyl (C=O) groups is 6. The molecule has 5 rings (SSSR count). The van der Waals surface area contributed by atoms with Crippen molar-refractivity contribution in [1.29, 1.82) is 0 Å². The molecule has 16 nitrogen and oxygen atoms in total. The van der Waals surface area contributed by atoms with Gasteiger partial charge in [-0.2, -0.15) is 20.5 Å². The Morgan fingerprint density at radius 3 is 2.19 bits per heavy atom. The van der Waals surface area contributed by atoms with Gasteiger partial charge in [0.2, 0.25) is 52.6 Å². The normalized spacial score (nSPS) is 23.8. The van der Waals surface area contributed by atoms with Gasteiger partial charge < -0.3 is 49.2 Å². The molecule has 7 atom stereocenters. The van der Waals surface area contributed by atoms with E-state index < -0.39 is 106 Å². The van der Waals surface area contributed by atoms with Crippen LogP contribution in [0.25, 0.3) is 0 Å². The molecule has 4 amide bonds. The molecule has 3 aliphatic heterocycles. The Kier molecular flexibility index (Phi) is 24.8. The van der Waals surface area contributed by atoms with Gasteiger partial charge in [-0.1, -0.05) is 63.1 Å². The number of hydrogen-bond acceptors (Lipinski definition) is 13. The number of amides is 4. The highest BCUT2D eigenvalue weighted by molar-refractivity contribution is 7.99. The quantitative estimate of drug-likeness (QED) is 0.0389. The van der Waals surface area contributed by atoms with E-state index in [1.807, 2.05) is 52.8 Å². The molecule has 0 radical (unpaired) electrons. The number of piperidine rings is 1. The Bertz CT molecular complexity index is 2400. The van der Waals surface area contributed by atoms with E-state index >= 15 is 0 Å². The van der Waals surface area contributed by atoms with E-state index in [0.717, 1.165) is 30.0 Å². The topological polar surface area (TPSA) is 208 Å². The first-order valence-corrected chi connectivity index (χ1v) is 26.0. The monoisotopic (exact) mass is 1100 g/mol. The van der Waals surface area contributed by atoms with Gasteiger partial charge in [0.1, 0.15) is 34.6 Å². The maximum Gasteiger partial charge on any atom is 0.404 e. The van der Waals surface area contributed by atoms with Crippen molar-refractivity contribution in [3.63, 3.8) is 0 Å². The molecule has 0 spiro atoms. The molecular formula is C52H70ClF5N4O12S. The summed E-state index contributed by atoms with van der Waals surface area (Å²) in [5.41, 5.74) is 6.47. The standard InChI is InChI=1S/C49H60ClF5N4O11S.C2H6.CH4O/c1-25-11-9-10-12-26(2)20-32(67-48(56)65)27(3)45-49(5,70-45)34(23-36(61)58(7)31-21-29(19-25)22-33(66-8)38(31)50)68-46(63)28(4)57(6)35(60)15-18-71-24-37(62)59-16-13-30(14-17-59)47(64)69-44-42(54)40(52)39(51)41(53)43(44)55;2*1-2/h9-11,21-22,26-28,30,32,34,45H,12-20,23-24H2,1-8H3,(H2,56,65);1-2H3;2H,1H3/b10-9+,25-11+;;/t26-,27+,28+,32-,34-,45-,49-;;/m0../s1. The highest BCUT2D eigenvalue weighted by Gasteiger charge is 2.63. The van der Waals surface area contributed by atoms with Crippen LogP contribution in [0.3, 0.4) is 0 Å². The van der Waals surface area contributed by atoms with Gasteiger partial charge in [0.15, 0.2) is 0 Å². The zero-order valence-corrected chi connectivity index (χ0v) is 45.8. The van der Waals surface area contributed by atoms with Gasteiger partial charge in [-0.3, -0.25) is 19.2 Å². The van der Waals surface area contributed by atoms with Crippen LogP contribution in [0.4, 0.5) is 32.4 Å². The number of fused-ring (bicyclic) bond motifs is 3. The fourth-order valence-electron chi connectivity index (χ4n) is 8.61. The maximum absolute atomic E-state index is 14.3. The number of rotatable bonds is 12. The van der Waals surface area contributed by atoms with Crippen molar-refractivity contribution in [2.45, 2.75) is 123 Å². The molecule has 0 aromatic heterocycles. The van der Waals surface area contributed by atoms with E-state index in [1.165, 1.54) is 42.8 Å². The number of nitrogens with two attached hydrogens (primary N) is 1. The number of allylic oxidation sites excluding steroid dienone is 4. The van der Waals surface area contributed by atoms with E-state index in [-0.39, 0.29) is 67.1 Å². The van der Waals surface area contributed by atoms with Crippen LogP contribution >= 0.6 is 23.4 Å². The van der Waals surface area contributed by atoms with Crippen molar-refractivity contribution in [2.24, 2.45) is 23.5 Å². The van der Waals surface area contributed by atoms with Crippen molar-refractivity contribution in [2.75, 3.05) is 57.8 Å². The second-order valence-corrected chi connectivity index (χ2v) is 19.9. The summed E-state index contributed by atoms with van der Waals surface area (Å²) in [5, 5.41) is 7.19. The molecule has 75 heavy (non-hydrogen) atoms. The van der Waals surface area contributed by atoms with Gasteiger partial charge in [0.05, 0.1) is 37.0 Å². The summed E-state index contributed by atoms with van der Waals surface area (Å²) in [4.78, 5) is 83.3. The van der Waals surface area contributed by atoms with Crippen molar-refractivity contribution >= 4 is 64.8 Å². The predicted molar refractivity (Wildman–Crippen MR) is 273 cm³/mol. The summed E-state index contributed by atoms with van der Waals surface area (Å²) in [5.74, 6) is -17.4. The molecule has 3 N–H and O–H groups in total. The smallest absolute Gasteiger partial charge is 0.404 e. The molecule has 2 bridgehead atoms. The molecule has 0 unspecified atom stereocenters. The van der Waals surface area contributed by atoms with Crippen LogP contribution in [0.5, 0.6) is 11.5 Å². The number of aliphatic hydroxyl groups is 1. The molecule has 2 fully saturated rings. The summed E-state index contributed by atoms with van der Waals surface area (Å²) in [7, 11) is 5.43. The Hall–Kier alpha value is -5.45. The number of benzene rings is 2. The Morgan fingerprint density at radius 1 is 1.00 bits per heavy atom. The minimum absolute atomic E-state index is 0.00468. The molecule has 3 aliphatic rings. The summed E-state index contributed by atoms with van der Waals surface area (Å²) in [6.07, 6.45) is 3.60. The number of primary amides is 1. The lowest BCUT2D eigenvalue weighted by molar-refractivity contribution is -0.162. The average Bonchev–Trinajstić information content (AvgIpc) is 4.10. The van der Waals surface area contributed by atoms with E-state index in [2.05, 4.69) is 4.74 Å². The third-order valence-corrected chi connectivity index (χ3v) is 14.6. The second kappa shape index (κ2) is 29.2. The lowest BCUT2D eigenvalue weighted by atomic mass is 9.84. The zero-order valence-electron chi connectivity index (χ0n) is 44.2. The molecule has 418 valence electrons. The number of methoxy groups -OCH3 is 1. The minimum Gasteiger partial charge on any atom is -0.495 e. The summed E-state index contributed by atoms with van der Waals surface area (Å²) >= 11 is 7.92. The Labute approximate surface area is 444 Å². The number of hydrogen-bond donors (Lipinski definition) is 2. The van der Waals surface area contributed by atoms with Crippen molar-refractivity contribution < 1.29 is 79.5 Å². The number of likely N-dealkylation sites (tertiary alicyclic amines) is 1. The first-order chi connectivity index (χ1) is 35.4. The first-order valence-electron chi connectivity index (χ1n) is 24.5. The minimum atomic E-state index is -2.39. The van der Waals surface area contributed by atoms with Crippen LogP contribution in [0.2, 0.25) is 5.02 Å². The molecule has 0 aliphatic carbocycles. The molecule has 0 saturated carbocycles. The second-order valence-electron chi connectivity index (χ2n) is 18.4. The maximum atomic E-state index is 14.3. The Morgan fingerprint density at radius 2 is 1.60 bits per heavy atom. The van der Waals surface area contributed by atoms with Crippen LogP contribution < -0.4 is 20.1 Å². The number of nitrogens with zero attached hydrogens (tertiary/aromatic N) is 3. The lowest BCUT2D eigenvalue weighted by Gasteiger charge is -2.31. The predicted octanol–water partition coefficient (Wildman–Crippen LogP) is 8.49. The van der Waals surface area contributed by atoms with Crippen LogP contribution in [-0.2, 0) is 44.6 Å². The average molecular weight is 1110 g/mol. The van der Waals surface area contributed by atoms with Crippen LogP contribution in [0.1, 0.15) is 92.6 Å². The molecule has 3 heterocycles. The largest absolute Gasteiger partial charge is 0.495 e. The third kappa shape index (κ3) is 16.5. The van der Waals surface area contributed by atoms with Crippen molar-refractivity contribution in [3.05, 3.63) is 75.6 Å². The number of likely N-dealkylation sites (N-methyl/N-ethyl adjacent to an activating group) is 1. The van der Waals surface area contributed by atoms with Gasteiger partial charge in [0, 0.05) is 52.4 Å². The fraction of sp³-hybridized carbons (Fsp3) is 0.577. The highest BCUT2D eigenvalue weighted by atomic mass is 35.5. The Balaban J connectivity index is 0.00000361. The van der Waals surface area contributed by atoms with Gasteiger partial charge >= 0.3 is 18.0 Å². The summed E-state index contributed by atoms with van der Waals surface area (Å²) in [6, 6.07) is 2.44. The van der Waals surface area contributed by atoms with Crippen LogP contribution in [0, 0.1) is 46.8 Å². The summed E-state index contributed by atoms with van der Waals surface area (Å²) in [6.45, 7) is 13.1. The third-order valence-electron chi connectivity index (χ3n) is 13.2. The molecule has 2 saturated heterocycles. The molecule has 2 aromatic rings. The number of ether oxygens (including phenoxy) is 5. The number of carbonyl (C=O) groups excluding carboxylic acids is 6. The van der Waals surface area contributed by atoms with Gasteiger partial charge in [-0.15, -0.1) is 0 Å². The lowest BCUT2D eigenvalue weighted by Crippen LogP contribution is -2.47. The van der Waals surface area contributed by atoms with E-state index in [4.69, 9.17) is 41.4 Å². The molecular weight excluding hydrogens is 1040 g/mol. The zero-order chi connectivity index (χ0) is 56.6. The van der Waals surface area contributed by atoms with Crippen molar-refractivity contribution in [3.8, 4) is 11.5 Å². The number of thioether (sulfide) groups is 1. The van der Waals surface area contributed by atoms with E-state index in [0.29, 0.717) is 30.7 Å². The summed E-state index contributed by atoms with van der Waals surface area (Å²) < 4.78 is 96.9. The fourth-order valence-corrected chi connectivity index (χ4v) is 9.74. The number of anilines is 1. The highest BCUT2D eigenvalue weighted by Crippen LogP contribution is 2.49. The van der Waals surface area contributed by atoms with Crippen molar-refractivity contribution in [1.82, 2.24) is 9.80 Å². The van der Waals surface area contributed by atoms with Gasteiger partial charge in [-0.05, 0) is 76.5 Å². The number of esters is 2. The molecule has 2 aromatic carbocycles. The molecule has 23 heteroatoms. The van der Waals surface area contributed by atoms with E-state index in [9.17, 15) is 50.7 Å². The van der Waals surface area contributed by atoms with Crippen LogP contribution in [-0.4, -0.2) is 134 Å². The number of epoxide rings is 1. The van der Waals surface area contributed by atoms with E-state index in [1.54, 1.807) is 19.1 Å². The SMILES string of the molecule is CC.CO.COc1cc2cc(c1Cl)N(C)C(=O)C[C@H](OC(=O)[C@@H](C)N(C)C(=O)CCSCC(=O)N1CCC(C(=O)Oc3c(F)c(F)c(F)c(F)c3F)CC1)[C@]1(C)O[C@H]1[C@H](C)[C@@H](OC(N)=O)C[C@@H](C)C/C=C/C=C(\C)C2. The number of halogens is 6. The van der Waals surface area contributed by atoms with Gasteiger partial charge in [-0.25, -0.2) is 22.8 Å². The van der Waals surface area contributed by atoms with Crippen LogP contribution in [0.15, 0.2) is 35.9 Å². The first kappa shape index (κ1) is 63.8.